The van der Waals surface area contributed by atoms with E-state index in [1.807, 2.05) is 18.2 Å². The van der Waals surface area contributed by atoms with Crippen molar-refractivity contribution < 1.29 is 5.11 Å². The van der Waals surface area contributed by atoms with E-state index in [4.69, 9.17) is 5.73 Å². The van der Waals surface area contributed by atoms with Gasteiger partial charge in [-0.3, -0.25) is 4.98 Å². The molecule has 0 amide bonds. The molecule has 3 N–H and O–H groups in total. The molecule has 3 heteroatoms. The van der Waals surface area contributed by atoms with Crippen molar-refractivity contribution in [1.29, 1.82) is 0 Å². The quantitative estimate of drug-likeness (QED) is 0.726. The number of hydrogen-bond donors (Lipinski definition) is 2. The number of pyridine rings is 1. The van der Waals surface area contributed by atoms with E-state index in [0.29, 0.717) is 5.69 Å². The fourth-order valence-electron chi connectivity index (χ4n) is 1.49. The zero-order chi connectivity index (χ0) is 10.7. The number of nitrogens with two attached hydrogens (primary N) is 1. The maximum absolute atomic E-state index is 10.1. The first-order valence-electron chi connectivity index (χ1n) is 4.71. The molecule has 1 aromatic heterocycles. The van der Waals surface area contributed by atoms with Gasteiger partial charge in [0.2, 0.25) is 0 Å². The lowest BCUT2D eigenvalue weighted by Crippen LogP contribution is -2.03. The van der Waals surface area contributed by atoms with Crippen LogP contribution in [0, 0.1) is 0 Å². The monoisotopic (exact) mass is 200 g/mol. The van der Waals surface area contributed by atoms with Gasteiger partial charge in [0, 0.05) is 23.6 Å². The number of benzene rings is 1. The number of nitrogen functional groups attached to an aromatic ring is 1. The largest absolute Gasteiger partial charge is 0.398 e. The van der Waals surface area contributed by atoms with E-state index in [-0.39, 0.29) is 0 Å². The summed E-state index contributed by atoms with van der Waals surface area (Å²) in [5.74, 6) is 0. The highest BCUT2D eigenvalue weighted by atomic mass is 16.3. The first kappa shape index (κ1) is 9.68. The Balaban J connectivity index is 2.37. The Labute approximate surface area is 88.2 Å². The van der Waals surface area contributed by atoms with Crippen molar-refractivity contribution >= 4 is 5.69 Å². The Morgan fingerprint density at radius 1 is 1.07 bits per heavy atom. The van der Waals surface area contributed by atoms with Crippen LogP contribution in [-0.4, -0.2) is 10.1 Å². The van der Waals surface area contributed by atoms with Crippen LogP contribution in [0.15, 0.2) is 48.8 Å². The van der Waals surface area contributed by atoms with E-state index in [1.54, 1.807) is 30.6 Å². The number of aliphatic hydroxyl groups is 1. The molecule has 2 rings (SSSR count). The zero-order valence-electron chi connectivity index (χ0n) is 8.17. The molecule has 1 atom stereocenters. The van der Waals surface area contributed by atoms with E-state index < -0.39 is 6.10 Å². The highest BCUT2D eigenvalue weighted by molar-refractivity contribution is 5.50. The SMILES string of the molecule is Nc1ccccc1C(O)c1ccncc1. The van der Waals surface area contributed by atoms with Crippen LogP contribution < -0.4 is 5.73 Å². The molecule has 0 aliphatic heterocycles. The molecule has 76 valence electrons. The minimum Gasteiger partial charge on any atom is -0.398 e. The topological polar surface area (TPSA) is 59.1 Å². The van der Waals surface area contributed by atoms with Gasteiger partial charge < -0.3 is 10.8 Å². The van der Waals surface area contributed by atoms with Crippen LogP contribution in [0.25, 0.3) is 0 Å². The summed E-state index contributed by atoms with van der Waals surface area (Å²) in [6.45, 7) is 0. The predicted octanol–water partition coefficient (Wildman–Crippen LogP) is 1.75. The molecule has 0 saturated heterocycles. The molecule has 3 nitrogen and oxygen atoms in total. The van der Waals surface area contributed by atoms with Crippen LogP contribution >= 0.6 is 0 Å². The van der Waals surface area contributed by atoms with Gasteiger partial charge in [0.25, 0.3) is 0 Å². The molecule has 0 bridgehead atoms. The standard InChI is InChI=1S/C12H12N2O/c13-11-4-2-1-3-10(11)12(15)9-5-7-14-8-6-9/h1-8,12,15H,13H2. The lowest BCUT2D eigenvalue weighted by atomic mass is 10.0. The van der Waals surface area contributed by atoms with Crippen molar-refractivity contribution in [1.82, 2.24) is 4.98 Å². The van der Waals surface area contributed by atoms with Crippen molar-refractivity contribution in [2.75, 3.05) is 5.73 Å². The van der Waals surface area contributed by atoms with Crippen molar-refractivity contribution in [3.63, 3.8) is 0 Å². The summed E-state index contributed by atoms with van der Waals surface area (Å²) in [5, 5.41) is 10.1. The molecule has 0 spiro atoms. The van der Waals surface area contributed by atoms with Gasteiger partial charge in [-0.05, 0) is 23.8 Å². The van der Waals surface area contributed by atoms with Gasteiger partial charge >= 0.3 is 0 Å². The summed E-state index contributed by atoms with van der Waals surface area (Å²) in [6.07, 6.45) is 2.62. The van der Waals surface area contributed by atoms with Crippen molar-refractivity contribution in [2.45, 2.75) is 6.10 Å². The number of hydrogen-bond acceptors (Lipinski definition) is 3. The Hall–Kier alpha value is -1.87. The van der Waals surface area contributed by atoms with Crippen LogP contribution in [-0.2, 0) is 0 Å². The summed E-state index contributed by atoms with van der Waals surface area (Å²) in [4.78, 5) is 3.90. The van der Waals surface area contributed by atoms with Crippen molar-refractivity contribution in [3.05, 3.63) is 59.9 Å². The van der Waals surface area contributed by atoms with E-state index in [1.165, 1.54) is 0 Å². The smallest absolute Gasteiger partial charge is 0.106 e. The van der Waals surface area contributed by atoms with E-state index >= 15 is 0 Å². The maximum atomic E-state index is 10.1. The Morgan fingerprint density at radius 2 is 1.73 bits per heavy atom. The number of para-hydroxylation sites is 1. The second-order valence-electron chi connectivity index (χ2n) is 3.31. The van der Waals surface area contributed by atoms with Crippen LogP contribution in [0.2, 0.25) is 0 Å². The fraction of sp³-hybridized carbons (Fsp3) is 0.0833. The average molecular weight is 200 g/mol. The molecule has 0 aliphatic carbocycles. The van der Waals surface area contributed by atoms with Gasteiger partial charge in [0.15, 0.2) is 0 Å². The normalized spacial score (nSPS) is 12.3. The second-order valence-corrected chi connectivity index (χ2v) is 3.31. The van der Waals surface area contributed by atoms with Gasteiger partial charge in [-0.15, -0.1) is 0 Å². The molecule has 15 heavy (non-hydrogen) atoms. The van der Waals surface area contributed by atoms with Crippen molar-refractivity contribution in [3.8, 4) is 0 Å². The predicted molar refractivity (Wildman–Crippen MR) is 59.2 cm³/mol. The molecular weight excluding hydrogens is 188 g/mol. The molecule has 2 aromatic rings. The summed E-state index contributed by atoms with van der Waals surface area (Å²) in [5.41, 5.74) is 7.90. The Morgan fingerprint density at radius 3 is 2.40 bits per heavy atom. The second kappa shape index (κ2) is 4.11. The third-order valence-electron chi connectivity index (χ3n) is 2.31. The van der Waals surface area contributed by atoms with Gasteiger partial charge in [0.1, 0.15) is 6.10 Å². The third-order valence-corrected chi connectivity index (χ3v) is 2.31. The first-order valence-corrected chi connectivity index (χ1v) is 4.71. The Kier molecular flexibility index (Phi) is 2.65. The molecule has 1 aromatic carbocycles. The van der Waals surface area contributed by atoms with Gasteiger partial charge in [-0.25, -0.2) is 0 Å². The Bertz CT molecular complexity index is 442. The van der Waals surface area contributed by atoms with E-state index in [2.05, 4.69) is 4.98 Å². The molecule has 0 fully saturated rings. The summed E-state index contributed by atoms with van der Waals surface area (Å²) < 4.78 is 0. The highest BCUT2D eigenvalue weighted by Crippen LogP contribution is 2.25. The van der Waals surface area contributed by atoms with Crippen LogP contribution in [0.4, 0.5) is 5.69 Å². The fourth-order valence-corrected chi connectivity index (χ4v) is 1.49. The lowest BCUT2D eigenvalue weighted by Gasteiger charge is -2.13. The van der Waals surface area contributed by atoms with E-state index in [0.717, 1.165) is 11.1 Å². The number of rotatable bonds is 2. The number of aliphatic hydroxyl groups excluding tert-OH is 1. The maximum Gasteiger partial charge on any atom is 0.106 e. The minimum atomic E-state index is -0.686. The van der Waals surface area contributed by atoms with Gasteiger partial charge in [0.05, 0.1) is 0 Å². The molecule has 1 unspecified atom stereocenters. The lowest BCUT2D eigenvalue weighted by molar-refractivity contribution is 0.221. The van der Waals surface area contributed by atoms with Crippen LogP contribution in [0.3, 0.4) is 0 Å². The van der Waals surface area contributed by atoms with E-state index in [9.17, 15) is 5.11 Å². The van der Waals surface area contributed by atoms with Crippen LogP contribution in [0.1, 0.15) is 17.2 Å². The highest BCUT2D eigenvalue weighted by Gasteiger charge is 2.11. The molecular formula is C12H12N2O. The van der Waals surface area contributed by atoms with Gasteiger partial charge in [-0.1, -0.05) is 18.2 Å². The first-order chi connectivity index (χ1) is 7.29. The molecule has 0 aliphatic rings. The number of aromatic nitrogens is 1. The van der Waals surface area contributed by atoms with Crippen molar-refractivity contribution in [2.24, 2.45) is 0 Å². The summed E-state index contributed by atoms with van der Waals surface area (Å²) >= 11 is 0. The molecule has 0 saturated carbocycles. The summed E-state index contributed by atoms with van der Waals surface area (Å²) in [6, 6.07) is 10.8. The van der Waals surface area contributed by atoms with Gasteiger partial charge in [-0.2, -0.15) is 0 Å². The molecule has 1 heterocycles. The minimum absolute atomic E-state index is 0.599. The average Bonchev–Trinajstić information content (AvgIpc) is 2.30. The zero-order valence-corrected chi connectivity index (χ0v) is 8.17. The third kappa shape index (κ3) is 1.97. The number of nitrogens with zero attached hydrogens (tertiary/aromatic N) is 1. The molecule has 0 radical (unpaired) electrons. The van der Waals surface area contributed by atoms with Crippen LogP contribution in [0.5, 0.6) is 0 Å². The number of anilines is 1. The summed E-state index contributed by atoms with van der Waals surface area (Å²) in [7, 11) is 0.